The summed E-state index contributed by atoms with van der Waals surface area (Å²) in [6.45, 7) is 10.2. The van der Waals surface area contributed by atoms with E-state index < -0.39 is 5.82 Å². The van der Waals surface area contributed by atoms with Gasteiger partial charge < -0.3 is 14.8 Å². The van der Waals surface area contributed by atoms with Gasteiger partial charge in [0.2, 0.25) is 11.6 Å². The Kier molecular flexibility index (Phi) is 5.41. The minimum atomic E-state index is -0.471. The molecule has 1 aliphatic rings. The first-order chi connectivity index (χ1) is 12.1. The van der Waals surface area contributed by atoms with Crippen LogP contribution in [0, 0.1) is 12.4 Å². The molecule has 1 aliphatic heterocycles. The Labute approximate surface area is 145 Å². The van der Waals surface area contributed by atoms with E-state index in [1.54, 1.807) is 12.3 Å². The highest BCUT2D eigenvalue weighted by Gasteiger charge is 2.20. The molecular formula is C18H19FN4O2. The third-order valence-electron chi connectivity index (χ3n) is 3.94. The van der Waals surface area contributed by atoms with E-state index in [1.807, 2.05) is 0 Å². The van der Waals surface area contributed by atoms with Crippen molar-refractivity contribution >= 4 is 5.69 Å². The fraction of sp³-hybridized carbons (Fsp3) is 0.389. The zero-order valence-electron chi connectivity index (χ0n) is 13.9. The summed E-state index contributed by atoms with van der Waals surface area (Å²) in [4.78, 5) is 11.8. The van der Waals surface area contributed by atoms with Crippen LogP contribution in [0.25, 0.3) is 4.85 Å². The van der Waals surface area contributed by atoms with Crippen molar-refractivity contribution in [2.45, 2.75) is 38.5 Å². The number of hydrogen-bond donors (Lipinski definition) is 1. The molecular weight excluding hydrogens is 323 g/mol. The van der Waals surface area contributed by atoms with Crippen LogP contribution in [0.3, 0.4) is 0 Å². The number of benzene rings is 1. The molecule has 0 aliphatic carbocycles. The Morgan fingerprint density at radius 1 is 1.40 bits per heavy atom. The molecule has 7 heteroatoms. The van der Waals surface area contributed by atoms with Gasteiger partial charge in [-0.25, -0.2) is 14.2 Å². The topological polar surface area (TPSA) is 60.6 Å². The summed E-state index contributed by atoms with van der Waals surface area (Å²) in [5.41, 5.74) is 0.121. The lowest BCUT2D eigenvalue weighted by Crippen LogP contribution is -2.40. The number of rotatable bonds is 5. The summed E-state index contributed by atoms with van der Waals surface area (Å²) in [5, 5.41) is 3.38. The Morgan fingerprint density at radius 3 is 3.08 bits per heavy atom. The molecule has 1 fully saturated rings. The maximum absolute atomic E-state index is 13.2. The van der Waals surface area contributed by atoms with Crippen molar-refractivity contribution in [1.82, 2.24) is 15.3 Å². The largest absolute Gasteiger partial charge is 0.497 e. The van der Waals surface area contributed by atoms with E-state index in [-0.39, 0.29) is 18.4 Å². The number of piperidine rings is 1. The maximum Gasteiger partial charge on any atom is 0.231 e. The highest BCUT2D eigenvalue weighted by atomic mass is 19.1. The van der Waals surface area contributed by atoms with Crippen molar-refractivity contribution in [3.8, 4) is 11.6 Å². The fourth-order valence-corrected chi connectivity index (χ4v) is 2.72. The molecule has 0 unspecified atom stereocenters. The zero-order chi connectivity index (χ0) is 17.6. The van der Waals surface area contributed by atoms with Crippen molar-refractivity contribution in [2.24, 2.45) is 0 Å². The third kappa shape index (κ3) is 4.64. The average molecular weight is 342 g/mol. The van der Waals surface area contributed by atoms with E-state index in [0.717, 1.165) is 25.5 Å². The van der Waals surface area contributed by atoms with Gasteiger partial charge >= 0.3 is 0 Å². The third-order valence-corrected chi connectivity index (χ3v) is 3.94. The molecule has 0 amide bonds. The van der Waals surface area contributed by atoms with Crippen LogP contribution in [0.4, 0.5) is 10.1 Å². The van der Waals surface area contributed by atoms with Crippen LogP contribution in [-0.2, 0) is 6.61 Å². The molecule has 1 aromatic carbocycles. The highest BCUT2D eigenvalue weighted by molar-refractivity contribution is 5.57. The molecule has 2 atom stereocenters. The van der Waals surface area contributed by atoms with Crippen molar-refractivity contribution in [3.05, 3.63) is 53.5 Å². The van der Waals surface area contributed by atoms with Crippen LogP contribution in [0.5, 0.6) is 11.6 Å². The Morgan fingerprint density at radius 2 is 2.28 bits per heavy atom. The van der Waals surface area contributed by atoms with Gasteiger partial charge in [0.15, 0.2) is 5.82 Å². The van der Waals surface area contributed by atoms with Crippen molar-refractivity contribution < 1.29 is 13.9 Å². The van der Waals surface area contributed by atoms with Gasteiger partial charge in [0.1, 0.15) is 24.3 Å². The van der Waals surface area contributed by atoms with Gasteiger partial charge in [-0.15, -0.1) is 0 Å². The van der Waals surface area contributed by atoms with Crippen LogP contribution in [0.2, 0.25) is 0 Å². The van der Waals surface area contributed by atoms with Crippen molar-refractivity contribution in [3.63, 3.8) is 0 Å². The molecule has 130 valence electrons. The van der Waals surface area contributed by atoms with E-state index >= 15 is 0 Å². The lowest BCUT2D eigenvalue weighted by Gasteiger charge is -2.28. The number of ether oxygens (including phenoxy) is 2. The molecule has 1 N–H and O–H groups in total. The molecule has 0 saturated carbocycles. The predicted molar refractivity (Wildman–Crippen MR) is 90.1 cm³/mol. The Bertz CT molecular complexity index is 778. The second-order valence-electron chi connectivity index (χ2n) is 5.94. The molecule has 2 heterocycles. The van der Waals surface area contributed by atoms with Gasteiger partial charge in [0.05, 0.1) is 6.57 Å². The first-order valence-corrected chi connectivity index (χ1v) is 8.16. The molecule has 6 nitrogen and oxygen atoms in total. The summed E-state index contributed by atoms with van der Waals surface area (Å²) in [7, 11) is 0. The van der Waals surface area contributed by atoms with Gasteiger partial charge in [-0.2, -0.15) is 4.98 Å². The molecule has 0 spiro atoms. The minimum absolute atomic E-state index is 0.0774. The van der Waals surface area contributed by atoms with Crippen LogP contribution in [0.15, 0.2) is 30.5 Å². The lowest BCUT2D eigenvalue weighted by atomic mass is 10.0. The van der Waals surface area contributed by atoms with Gasteiger partial charge in [-0.05, 0) is 44.5 Å². The maximum atomic E-state index is 13.2. The molecule has 3 rings (SSSR count). The van der Waals surface area contributed by atoms with E-state index in [2.05, 4.69) is 27.1 Å². The monoisotopic (exact) mass is 342 g/mol. The number of hydrogen-bond acceptors (Lipinski definition) is 5. The van der Waals surface area contributed by atoms with Crippen LogP contribution < -0.4 is 14.8 Å². The summed E-state index contributed by atoms with van der Waals surface area (Å²) >= 11 is 0. The molecule has 25 heavy (non-hydrogen) atoms. The molecule has 0 bridgehead atoms. The van der Waals surface area contributed by atoms with Crippen LogP contribution in [-0.4, -0.2) is 28.7 Å². The standard InChI is InChI=1S/C18H19FN4O2/c1-12-9-14(5-7-21-12)25-18-6-8-22-17(23-18)11-24-16-4-3-13(19)10-15(16)20-2/h3-4,6,8,10,12,14,21H,5,7,9,11H2,1H3/t12-,14-/m0/s1. The van der Waals surface area contributed by atoms with Crippen molar-refractivity contribution in [2.75, 3.05) is 6.54 Å². The first kappa shape index (κ1) is 17.1. The van der Waals surface area contributed by atoms with Gasteiger partial charge in [0.25, 0.3) is 0 Å². The lowest BCUT2D eigenvalue weighted by molar-refractivity contribution is 0.137. The number of aromatic nitrogens is 2. The number of halogens is 1. The Hall–Kier alpha value is -2.72. The first-order valence-electron chi connectivity index (χ1n) is 8.16. The Balaban J connectivity index is 1.63. The van der Waals surface area contributed by atoms with Gasteiger partial charge in [-0.1, -0.05) is 0 Å². The molecule has 1 aromatic heterocycles. The van der Waals surface area contributed by atoms with Crippen LogP contribution >= 0.6 is 0 Å². The normalized spacial score (nSPS) is 19.9. The smallest absolute Gasteiger partial charge is 0.231 e. The van der Waals surface area contributed by atoms with E-state index in [4.69, 9.17) is 16.0 Å². The number of nitrogens with zero attached hydrogens (tertiary/aromatic N) is 3. The fourth-order valence-electron chi connectivity index (χ4n) is 2.72. The molecule has 1 saturated heterocycles. The second-order valence-corrected chi connectivity index (χ2v) is 5.94. The van der Waals surface area contributed by atoms with Crippen molar-refractivity contribution in [1.29, 1.82) is 0 Å². The minimum Gasteiger partial charge on any atom is -0.497 e. The summed E-state index contributed by atoms with van der Waals surface area (Å²) < 4.78 is 24.7. The van der Waals surface area contributed by atoms with E-state index in [1.165, 1.54) is 12.1 Å². The summed E-state index contributed by atoms with van der Waals surface area (Å²) in [5.74, 6) is 0.789. The summed E-state index contributed by atoms with van der Waals surface area (Å²) in [6, 6.07) is 5.97. The van der Waals surface area contributed by atoms with Gasteiger partial charge in [0, 0.05) is 18.3 Å². The molecule has 2 aromatic rings. The SMILES string of the molecule is [C-]#[N+]c1cc(F)ccc1OCc1nccc(O[C@H]2CCN[C@@H](C)C2)n1. The quantitative estimate of drug-likeness (QED) is 0.845. The highest BCUT2D eigenvalue weighted by Crippen LogP contribution is 2.28. The van der Waals surface area contributed by atoms with Crippen LogP contribution in [0.1, 0.15) is 25.6 Å². The van der Waals surface area contributed by atoms with E-state index in [9.17, 15) is 4.39 Å². The second kappa shape index (κ2) is 7.90. The average Bonchev–Trinajstić information content (AvgIpc) is 2.61. The van der Waals surface area contributed by atoms with E-state index in [0.29, 0.717) is 23.5 Å². The predicted octanol–water partition coefficient (Wildman–Crippen LogP) is 3.26. The van der Waals surface area contributed by atoms with Gasteiger partial charge in [-0.3, -0.25) is 0 Å². The summed E-state index contributed by atoms with van der Waals surface area (Å²) in [6.07, 6.45) is 3.61. The zero-order valence-corrected chi connectivity index (χ0v) is 13.9. The molecule has 0 radical (unpaired) electrons. The number of nitrogens with one attached hydrogen (secondary N) is 1.